The van der Waals surface area contributed by atoms with Crippen LogP contribution in [0.2, 0.25) is 0 Å². The summed E-state index contributed by atoms with van der Waals surface area (Å²) in [7, 11) is 1.62. The fourth-order valence-corrected chi connectivity index (χ4v) is 5.75. The summed E-state index contributed by atoms with van der Waals surface area (Å²) in [6, 6.07) is 0. The van der Waals surface area contributed by atoms with Crippen molar-refractivity contribution >= 4 is 11.9 Å². The van der Waals surface area contributed by atoms with Crippen molar-refractivity contribution in [2.24, 2.45) is 11.8 Å². The van der Waals surface area contributed by atoms with Gasteiger partial charge in [0.1, 0.15) is 0 Å². The summed E-state index contributed by atoms with van der Waals surface area (Å²) in [4.78, 5) is 23.9. The smallest absolute Gasteiger partial charge is 0.225 e. The quantitative estimate of drug-likeness (QED) is 0.798. The lowest BCUT2D eigenvalue weighted by atomic mass is 9.73. The standard InChI is InChI=1S/C21H30N4O3/c1-27-9-7-19(26)22-11-15-16-12-25(13-21(16)8-6-18(15)28-21)20-23-10-14-4-2-3-5-17(14)24-20/h10,15-16,18H,2-9,11-13H2,1H3,(H,22,26)/t15-,16+,18+,21+/m0/s1. The fourth-order valence-electron chi connectivity index (χ4n) is 5.75. The zero-order chi connectivity index (χ0) is 19.1. The van der Waals surface area contributed by atoms with E-state index in [1.54, 1.807) is 7.11 Å². The first kappa shape index (κ1) is 18.3. The summed E-state index contributed by atoms with van der Waals surface area (Å²) >= 11 is 0. The van der Waals surface area contributed by atoms with Gasteiger partial charge in [0.25, 0.3) is 0 Å². The molecule has 3 fully saturated rings. The summed E-state index contributed by atoms with van der Waals surface area (Å²) in [5.41, 5.74) is 2.48. The van der Waals surface area contributed by atoms with Crippen molar-refractivity contribution in [2.45, 2.75) is 56.7 Å². The molecule has 7 nitrogen and oxygen atoms in total. The minimum atomic E-state index is -0.0775. The maximum absolute atomic E-state index is 12.0. The normalized spacial score (nSPS) is 33.0. The molecule has 2 bridgehead atoms. The molecule has 7 heteroatoms. The van der Waals surface area contributed by atoms with E-state index in [0.717, 1.165) is 44.7 Å². The molecule has 1 aliphatic carbocycles. The Kier molecular flexibility index (Phi) is 4.75. The molecule has 4 atom stereocenters. The van der Waals surface area contributed by atoms with Gasteiger partial charge in [-0.05, 0) is 44.1 Å². The van der Waals surface area contributed by atoms with Gasteiger partial charge in [-0.3, -0.25) is 4.79 Å². The van der Waals surface area contributed by atoms with E-state index >= 15 is 0 Å². The number of hydrogen-bond donors (Lipinski definition) is 1. The highest BCUT2D eigenvalue weighted by atomic mass is 16.5. The first-order chi connectivity index (χ1) is 13.7. The highest BCUT2D eigenvalue weighted by Crippen LogP contribution is 2.55. The molecule has 28 heavy (non-hydrogen) atoms. The van der Waals surface area contributed by atoms with Gasteiger partial charge >= 0.3 is 0 Å². The average Bonchev–Trinajstić information content (AvgIpc) is 3.39. The van der Waals surface area contributed by atoms with Gasteiger partial charge in [0, 0.05) is 50.3 Å². The molecular formula is C21H30N4O3. The van der Waals surface area contributed by atoms with Gasteiger partial charge in [-0.25, -0.2) is 9.97 Å². The number of fused-ring (bicyclic) bond motifs is 2. The molecule has 0 saturated carbocycles. The van der Waals surface area contributed by atoms with Crippen LogP contribution in [0.1, 0.15) is 43.4 Å². The number of aromatic nitrogens is 2. The van der Waals surface area contributed by atoms with Gasteiger partial charge in [0.2, 0.25) is 11.9 Å². The van der Waals surface area contributed by atoms with Gasteiger partial charge in [-0.2, -0.15) is 0 Å². The molecule has 4 heterocycles. The lowest BCUT2D eigenvalue weighted by Crippen LogP contribution is -2.42. The Balaban J connectivity index is 1.28. The molecule has 5 rings (SSSR count). The molecule has 0 unspecified atom stereocenters. The first-order valence-electron chi connectivity index (χ1n) is 10.7. The molecule has 3 saturated heterocycles. The molecule has 1 amide bonds. The van der Waals surface area contributed by atoms with E-state index in [1.165, 1.54) is 24.1 Å². The summed E-state index contributed by atoms with van der Waals surface area (Å²) in [5.74, 6) is 1.74. The first-order valence-corrected chi connectivity index (χ1v) is 10.7. The number of nitrogens with one attached hydrogen (secondary N) is 1. The average molecular weight is 386 g/mol. The van der Waals surface area contributed by atoms with Gasteiger partial charge in [-0.15, -0.1) is 0 Å². The van der Waals surface area contributed by atoms with E-state index in [4.69, 9.17) is 14.5 Å². The number of carbonyl (C=O) groups is 1. The number of rotatable bonds is 6. The van der Waals surface area contributed by atoms with Crippen molar-refractivity contribution in [3.63, 3.8) is 0 Å². The Labute approximate surface area is 166 Å². The molecular weight excluding hydrogens is 356 g/mol. The molecule has 0 radical (unpaired) electrons. The van der Waals surface area contributed by atoms with Crippen LogP contribution in [0.4, 0.5) is 5.95 Å². The zero-order valence-corrected chi connectivity index (χ0v) is 16.7. The van der Waals surface area contributed by atoms with E-state index in [1.807, 2.05) is 6.20 Å². The molecule has 152 valence electrons. The molecule has 0 aromatic carbocycles. The number of methoxy groups -OCH3 is 1. The monoisotopic (exact) mass is 386 g/mol. The number of carbonyl (C=O) groups excluding carboxylic acids is 1. The summed E-state index contributed by atoms with van der Waals surface area (Å²) in [6.45, 7) is 2.96. The fraction of sp³-hybridized carbons (Fsp3) is 0.762. The largest absolute Gasteiger partial charge is 0.384 e. The third-order valence-electron chi connectivity index (χ3n) is 7.19. The third kappa shape index (κ3) is 3.08. The molecule has 1 N–H and O–H groups in total. The summed E-state index contributed by atoms with van der Waals surface area (Å²) in [5, 5.41) is 3.10. The van der Waals surface area contributed by atoms with Crippen LogP contribution >= 0.6 is 0 Å². The lowest BCUT2D eigenvalue weighted by molar-refractivity contribution is -0.122. The molecule has 4 aliphatic rings. The third-order valence-corrected chi connectivity index (χ3v) is 7.19. The molecule has 3 aliphatic heterocycles. The van der Waals surface area contributed by atoms with Crippen molar-refractivity contribution in [1.29, 1.82) is 0 Å². The number of anilines is 1. The highest BCUT2D eigenvalue weighted by Gasteiger charge is 2.63. The lowest BCUT2D eigenvalue weighted by Gasteiger charge is -2.29. The van der Waals surface area contributed by atoms with E-state index in [9.17, 15) is 4.79 Å². The predicted molar refractivity (Wildman–Crippen MR) is 104 cm³/mol. The maximum Gasteiger partial charge on any atom is 0.225 e. The van der Waals surface area contributed by atoms with E-state index < -0.39 is 0 Å². The van der Waals surface area contributed by atoms with Crippen molar-refractivity contribution in [3.8, 4) is 0 Å². The second kappa shape index (κ2) is 7.26. The number of ether oxygens (including phenoxy) is 2. The SMILES string of the molecule is COCCC(=O)NC[C@H]1[C@H]2CN(c3ncc4c(n3)CCCC4)C[C@]23CC[C@H]1O3. The van der Waals surface area contributed by atoms with Crippen LogP contribution in [0.25, 0.3) is 0 Å². The van der Waals surface area contributed by atoms with Crippen LogP contribution in [0.5, 0.6) is 0 Å². The van der Waals surface area contributed by atoms with Gasteiger partial charge in [0.15, 0.2) is 0 Å². The number of amides is 1. The Hall–Kier alpha value is -1.73. The van der Waals surface area contributed by atoms with Crippen LogP contribution in [-0.4, -0.2) is 60.9 Å². The second-order valence-electron chi connectivity index (χ2n) is 8.81. The van der Waals surface area contributed by atoms with E-state index in [-0.39, 0.29) is 17.6 Å². The Morgan fingerprint density at radius 3 is 3.21 bits per heavy atom. The number of nitrogens with zero attached hydrogens (tertiary/aromatic N) is 3. The maximum atomic E-state index is 12.0. The molecule has 1 aromatic heterocycles. The van der Waals surface area contributed by atoms with Crippen LogP contribution in [0, 0.1) is 11.8 Å². The van der Waals surface area contributed by atoms with E-state index in [2.05, 4.69) is 15.2 Å². The van der Waals surface area contributed by atoms with Gasteiger partial charge in [0.05, 0.1) is 24.9 Å². The van der Waals surface area contributed by atoms with Gasteiger partial charge in [-0.1, -0.05) is 0 Å². The Morgan fingerprint density at radius 2 is 2.32 bits per heavy atom. The van der Waals surface area contributed by atoms with Crippen molar-refractivity contribution in [1.82, 2.24) is 15.3 Å². The van der Waals surface area contributed by atoms with Crippen LogP contribution < -0.4 is 10.2 Å². The Morgan fingerprint density at radius 1 is 1.43 bits per heavy atom. The minimum Gasteiger partial charge on any atom is -0.384 e. The summed E-state index contributed by atoms with van der Waals surface area (Å²) < 4.78 is 11.5. The molecule has 1 spiro atoms. The topological polar surface area (TPSA) is 76.6 Å². The Bertz CT molecular complexity index is 757. The van der Waals surface area contributed by atoms with Gasteiger partial charge < -0.3 is 19.7 Å². The van der Waals surface area contributed by atoms with Crippen molar-refractivity contribution < 1.29 is 14.3 Å². The second-order valence-corrected chi connectivity index (χ2v) is 8.81. The highest BCUT2D eigenvalue weighted by molar-refractivity contribution is 5.75. The molecule has 1 aromatic rings. The van der Waals surface area contributed by atoms with Crippen molar-refractivity contribution in [2.75, 3.05) is 38.3 Å². The van der Waals surface area contributed by atoms with Crippen LogP contribution in [-0.2, 0) is 27.1 Å². The summed E-state index contributed by atoms with van der Waals surface area (Å²) in [6.07, 6.45) is 9.59. The van der Waals surface area contributed by atoms with E-state index in [0.29, 0.717) is 31.4 Å². The van der Waals surface area contributed by atoms with Crippen molar-refractivity contribution in [3.05, 3.63) is 17.5 Å². The van der Waals surface area contributed by atoms with Crippen LogP contribution in [0.3, 0.4) is 0 Å². The minimum absolute atomic E-state index is 0.0616. The zero-order valence-electron chi connectivity index (χ0n) is 16.7. The number of aryl methyl sites for hydroxylation is 2. The van der Waals surface area contributed by atoms with Crippen LogP contribution in [0.15, 0.2) is 6.20 Å². The number of hydrogen-bond acceptors (Lipinski definition) is 6. The predicted octanol–water partition coefficient (Wildman–Crippen LogP) is 1.49.